The Balaban J connectivity index is 1.75. The molecule has 0 radical (unpaired) electrons. The van der Waals surface area contributed by atoms with Gasteiger partial charge in [-0.15, -0.1) is 0 Å². The third-order valence-corrected chi connectivity index (χ3v) is 3.89. The summed E-state index contributed by atoms with van der Waals surface area (Å²) in [6, 6.07) is 9.34. The first-order chi connectivity index (χ1) is 12.5. The molecular formula is C17H11Cl2N5O2. The lowest BCUT2D eigenvalue weighted by atomic mass is 10.2. The zero-order chi connectivity index (χ0) is 18.5. The third-order valence-electron chi connectivity index (χ3n) is 3.26. The average Bonchev–Trinajstić information content (AvgIpc) is 2.62. The summed E-state index contributed by atoms with van der Waals surface area (Å²) in [5, 5.41) is 5.73. The molecule has 0 aliphatic carbocycles. The molecule has 0 bridgehead atoms. The Kier molecular flexibility index (Phi) is 5.40. The fourth-order valence-electron chi connectivity index (χ4n) is 2.09. The van der Waals surface area contributed by atoms with Crippen LogP contribution >= 0.6 is 23.2 Å². The second-order valence-corrected chi connectivity index (χ2v) is 5.84. The van der Waals surface area contributed by atoms with Crippen LogP contribution in [-0.2, 0) is 0 Å². The van der Waals surface area contributed by atoms with Gasteiger partial charge in [-0.3, -0.25) is 9.59 Å². The second kappa shape index (κ2) is 7.90. The molecule has 9 heteroatoms. The van der Waals surface area contributed by atoms with Crippen LogP contribution in [-0.4, -0.2) is 26.8 Å². The van der Waals surface area contributed by atoms with E-state index in [1.165, 1.54) is 30.9 Å². The molecular weight excluding hydrogens is 377 g/mol. The van der Waals surface area contributed by atoms with E-state index in [-0.39, 0.29) is 27.1 Å². The van der Waals surface area contributed by atoms with Crippen molar-refractivity contribution in [3.63, 3.8) is 0 Å². The van der Waals surface area contributed by atoms with Crippen LogP contribution in [0.5, 0.6) is 0 Å². The van der Waals surface area contributed by atoms with Gasteiger partial charge in [-0.25, -0.2) is 15.0 Å². The maximum atomic E-state index is 12.4. The Morgan fingerprint density at radius 1 is 0.885 bits per heavy atom. The van der Waals surface area contributed by atoms with Crippen LogP contribution in [0.1, 0.15) is 20.8 Å². The summed E-state index contributed by atoms with van der Waals surface area (Å²) in [5.41, 5.74) is 0.775. The maximum absolute atomic E-state index is 12.4. The van der Waals surface area contributed by atoms with Crippen molar-refractivity contribution in [2.24, 2.45) is 0 Å². The van der Waals surface area contributed by atoms with Crippen LogP contribution < -0.4 is 10.6 Å². The molecule has 0 unspecified atom stereocenters. The minimum absolute atomic E-state index is 0.166. The van der Waals surface area contributed by atoms with Crippen LogP contribution in [0.3, 0.4) is 0 Å². The van der Waals surface area contributed by atoms with Crippen LogP contribution in [0.2, 0.25) is 10.0 Å². The van der Waals surface area contributed by atoms with E-state index in [0.717, 1.165) is 0 Å². The van der Waals surface area contributed by atoms with Gasteiger partial charge in [0.2, 0.25) is 0 Å². The van der Waals surface area contributed by atoms with Crippen molar-refractivity contribution in [2.75, 3.05) is 10.6 Å². The molecule has 0 aliphatic rings. The predicted octanol–water partition coefficient (Wildman–Crippen LogP) is 3.68. The number of anilines is 2. The molecule has 0 saturated carbocycles. The largest absolute Gasteiger partial charge is 0.322 e. The molecule has 1 aromatic carbocycles. The van der Waals surface area contributed by atoms with Crippen molar-refractivity contribution in [3.8, 4) is 0 Å². The van der Waals surface area contributed by atoms with E-state index in [9.17, 15) is 9.59 Å². The number of hydrogen-bond acceptors (Lipinski definition) is 5. The first kappa shape index (κ1) is 17.8. The number of carbonyl (C=O) groups excluding carboxylic acids is 2. The number of hydrogen-bond donors (Lipinski definition) is 2. The van der Waals surface area contributed by atoms with Gasteiger partial charge in [0.25, 0.3) is 11.8 Å². The zero-order valence-electron chi connectivity index (χ0n) is 13.1. The van der Waals surface area contributed by atoms with E-state index < -0.39 is 11.8 Å². The fourth-order valence-corrected chi connectivity index (χ4v) is 2.66. The molecule has 0 spiro atoms. The third kappa shape index (κ3) is 4.14. The fraction of sp³-hybridized carbons (Fsp3) is 0. The molecule has 0 fully saturated rings. The molecule has 3 rings (SSSR count). The van der Waals surface area contributed by atoms with Crippen molar-refractivity contribution in [3.05, 3.63) is 76.4 Å². The van der Waals surface area contributed by atoms with Gasteiger partial charge in [0.05, 0.1) is 15.6 Å². The number of aromatic nitrogens is 3. The predicted molar refractivity (Wildman–Crippen MR) is 98.6 cm³/mol. The molecule has 130 valence electrons. The topological polar surface area (TPSA) is 96.9 Å². The van der Waals surface area contributed by atoms with Crippen molar-refractivity contribution in [1.82, 2.24) is 15.0 Å². The highest BCUT2D eigenvalue weighted by Gasteiger charge is 2.15. The summed E-state index contributed by atoms with van der Waals surface area (Å²) < 4.78 is 0. The van der Waals surface area contributed by atoms with E-state index >= 15 is 0 Å². The smallest absolute Gasteiger partial charge is 0.275 e. The number of pyridine rings is 1. The Morgan fingerprint density at radius 3 is 2.35 bits per heavy atom. The van der Waals surface area contributed by atoms with Crippen LogP contribution in [0.15, 0.2) is 55.1 Å². The molecule has 7 nitrogen and oxygen atoms in total. The summed E-state index contributed by atoms with van der Waals surface area (Å²) >= 11 is 12.1. The van der Waals surface area contributed by atoms with E-state index in [1.54, 1.807) is 24.3 Å². The first-order valence-corrected chi connectivity index (χ1v) is 8.09. The monoisotopic (exact) mass is 387 g/mol. The number of nitrogens with one attached hydrogen (secondary N) is 2. The second-order valence-electron chi connectivity index (χ2n) is 5.03. The highest BCUT2D eigenvalue weighted by molar-refractivity contribution is 6.40. The molecule has 0 atom stereocenters. The maximum Gasteiger partial charge on any atom is 0.275 e. The SMILES string of the molecule is O=C(Nc1cc(NC(=O)c2c(Cl)cccc2Cl)ccn1)c1ccncn1. The van der Waals surface area contributed by atoms with Gasteiger partial charge in [0.1, 0.15) is 17.8 Å². The Hall–Kier alpha value is -3.03. The Bertz CT molecular complexity index is 946. The number of benzene rings is 1. The quantitative estimate of drug-likeness (QED) is 0.711. The van der Waals surface area contributed by atoms with Gasteiger partial charge < -0.3 is 10.6 Å². The molecule has 3 aromatic rings. The number of amides is 2. The lowest BCUT2D eigenvalue weighted by Gasteiger charge is -2.10. The number of rotatable bonds is 4. The van der Waals surface area contributed by atoms with Gasteiger partial charge in [-0.2, -0.15) is 0 Å². The summed E-state index contributed by atoms with van der Waals surface area (Å²) in [4.78, 5) is 36.1. The molecule has 26 heavy (non-hydrogen) atoms. The van der Waals surface area contributed by atoms with Crippen LogP contribution in [0.4, 0.5) is 11.5 Å². The molecule has 2 N–H and O–H groups in total. The van der Waals surface area contributed by atoms with Crippen molar-refractivity contribution in [2.45, 2.75) is 0 Å². The van der Waals surface area contributed by atoms with Gasteiger partial charge in [-0.1, -0.05) is 29.3 Å². The zero-order valence-corrected chi connectivity index (χ0v) is 14.6. The number of carbonyl (C=O) groups is 2. The van der Waals surface area contributed by atoms with Crippen LogP contribution in [0, 0.1) is 0 Å². The molecule has 2 amide bonds. The average molecular weight is 388 g/mol. The van der Waals surface area contributed by atoms with Crippen molar-refractivity contribution >= 4 is 46.5 Å². The molecule has 0 saturated heterocycles. The van der Waals surface area contributed by atoms with E-state index in [0.29, 0.717) is 5.69 Å². The van der Waals surface area contributed by atoms with E-state index in [4.69, 9.17) is 23.2 Å². The lowest BCUT2D eigenvalue weighted by Crippen LogP contribution is -2.16. The number of halogens is 2. The summed E-state index contributed by atoms with van der Waals surface area (Å²) in [7, 11) is 0. The van der Waals surface area contributed by atoms with Crippen molar-refractivity contribution < 1.29 is 9.59 Å². The van der Waals surface area contributed by atoms with Gasteiger partial charge in [0.15, 0.2) is 0 Å². The van der Waals surface area contributed by atoms with Gasteiger partial charge in [-0.05, 0) is 24.3 Å². The number of nitrogens with zero attached hydrogens (tertiary/aromatic N) is 3. The van der Waals surface area contributed by atoms with E-state index in [1.807, 2.05) is 0 Å². The highest BCUT2D eigenvalue weighted by atomic mass is 35.5. The van der Waals surface area contributed by atoms with Gasteiger partial charge >= 0.3 is 0 Å². The first-order valence-electron chi connectivity index (χ1n) is 7.33. The highest BCUT2D eigenvalue weighted by Crippen LogP contribution is 2.25. The van der Waals surface area contributed by atoms with Crippen LogP contribution in [0.25, 0.3) is 0 Å². The molecule has 2 aromatic heterocycles. The lowest BCUT2D eigenvalue weighted by molar-refractivity contribution is 0.101. The minimum atomic E-state index is -0.472. The van der Waals surface area contributed by atoms with E-state index in [2.05, 4.69) is 25.6 Å². The molecule has 2 heterocycles. The normalized spacial score (nSPS) is 10.2. The molecule has 0 aliphatic heterocycles. The summed E-state index contributed by atoms with van der Waals surface area (Å²) in [6.45, 7) is 0. The minimum Gasteiger partial charge on any atom is -0.322 e. The Morgan fingerprint density at radius 2 is 1.65 bits per heavy atom. The summed E-state index contributed by atoms with van der Waals surface area (Å²) in [6.07, 6.45) is 4.17. The Labute approximate surface area is 158 Å². The van der Waals surface area contributed by atoms with Crippen molar-refractivity contribution in [1.29, 1.82) is 0 Å². The summed E-state index contributed by atoms with van der Waals surface area (Å²) in [5.74, 6) is -0.672. The standard InChI is InChI=1S/C17H11Cl2N5O2/c18-11-2-1-3-12(19)15(11)17(26)23-10-4-7-21-14(8-10)24-16(25)13-5-6-20-9-22-13/h1-9H,(H2,21,23,24,25,26). The van der Waals surface area contributed by atoms with Gasteiger partial charge in [0, 0.05) is 24.1 Å².